The molecule has 0 saturated carbocycles. The number of carbonyl (C=O) groups is 2. The smallest absolute Gasteiger partial charge is 0.250 e. The molecule has 4 rings (SSSR count). The fourth-order valence-corrected chi connectivity index (χ4v) is 4.18. The number of nitrogens with zero attached hydrogens (tertiary/aromatic N) is 3. The van der Waals surface area contributed by atoms with E-state index in [1.807, 2.05) is 42.5 Å². The lowest BCUT2D eigenvalue weighted by Gasteiger charge is -2.42. The molecule has 0 fully saturated rings. The predicted octanol–water partition coefficient (Wildman–Crippen LogP) is 3.72. The van der Waals surface area contributed by atoms with Gasteiger partial charge in [0.05, 0.1) is 23.7 Å². The Labute approximate surface area is 184 Å². The summed E-state index contributed by atoms with van der Waals surface area (Å²) in [6, 6.07) is 14.8. The Morgan fingerprint density at radius 1 is 1.16 bits per heavy atom. The van der Waals surface area contributed by atoms with E-state index in [0.29, 0.717) is 22.4 Å². The molecule has 3 aromatic rings. The van der Waals surface area contributed by atoms with Crippen LogP contribution in [-0.4, -0.2) is 44.9 Å². The van der Waals surface area contributed by atoms with E-state index in [0.717, 1.165) is 11.3 Å². The first-order chi connectivity index (χ1) is 14.8. The summed E-state index contributed by atoms with van der Waals surface area (Å²) in [6.45, 7) is 5.27. The van der Waals surface area contributed by atoms with Crippen LogP contribution in [-0.2, 0) is 9.59 Å². The number of ether oxygens (including phenoxy) is 1. The van der Waals surface area contributed by atoms with E-state index in [1.165, 1.54) is 11.8 Å². The number of anilines is 2. The number of benzene rings is 2. The number of thioether (sulfide) groups is 1. The summed E-state index contributed by atoms with van der Waals surface area (Å²) in [5, 5.41) is 9.98. The van der Waals surface area contributed by atoms with Crippen molar-refractivity contribution in [2.45, 2.75) is 36.7 Å². The molecule has 1 aliphatic heterocycles. The topological polar surface area (TPSA) is 100 Å². The molecule has 1 atom stereocenters. The first-order valence-electron chi connectivity index (χ1n) is 9.79. The number of nitrogens with one attached hydrogen (secondary N) is 2. The monoisotopic (exact) mass is 437 g/mol. The lowest BCUT2D eigenvalue weighted by atomic mass is 9.96. The average Bonchev–Trinajstić information content (AvgIpc) is 3.22. The highest BCUT2D eigenvalue weighted by molar-refractivity contribution is 8.00. The fourth-order valence-electron chi connectivity index (χ4n) is 3.41. The van der Waals surface area contributed by atoms with Crippen LogP contribution >= 0.6 is 11.8 Å². The number of aromatic amines is 1. The number of rotatable bonds is 5. The molecule has 0 aliphatic carbocycles. The van der Waals surface area contributed by atoms with E-state index in [4.69, 9.17) is 4.74 Å². The minimum absolute atomic E-state index is 0.187. The molecule has 1 unspecified atom stereocenters. The zero-order valence-electron chi connectivity index (χ0n) is 17.7. The number of methoxy groups -OCH3 is 1. The molecule has 2 amide bonds. The van der Waals surface area contributed by atoms with Crippen LogP contribution in [0, 0.1) is 0 Å². The number of amides is 2. The third kappa shape index (κ3) is 3.88. The van der Waals surface area contributed by atoms with Gasteiger partial charge in [0.2, 0.25) is 17.0 Å². The standard InChI is InChI=1S/C22H23N5O3S/c1-13(31-21-24-18(25-26-21)14-9-11-15(30-4)12-10-14)19(28)27-17-8-6-5-7-16(17)23-20(29)22(27,2)3/h5-13H,1-4H3,(H,23,29)(H,24,25,26). The minimum Gasteiger partial charge on any atom is -0.497 e. The molecule has 2 N–H and O–H groups in total. The van der Waals surface area contributed by atoms with Gasteiger partial charge in [-0.25, -0.2) is 4.98 Å². The zero-order valence-corrected chi connectivity index (χ0v) is 18.5. The molecule has 0 bridgehead atoms. The second kappa shape index (κ2) is 8.07. The Kier molecular flexibility index (Phi) is 5.45. The Bertz CT molecular complexity index is 1130. The summed E-state index contributed by atoms with van der Waals surface area (Å²) in [5.41, 5.74) is 1.14. The summed E-state index contributed by atoms with van der Waals surface area (Å²) in [7, 11) is 1.61. The molecule has 1 aromatic heterocycles. The third-order valence-corrected chi connectivity index (χ3v) is 6.14. The number of hydrogen-bond acceptors (Lipinski definition) is 6. The lowest BCUT2D eigenvalue weighted by molar-refractivity contribution is -0.126. The first-order valence-corrected chi connectivity index (χ1v) is 10.7. The Morgan fingerprint density at radius 2 is 1.87 bits per heavy atom. The molecule has 0 spiro atoms. The second-order valence-electron chi connectivity index (χ2n) is 7.66. The van der Waals surface area contributed by atoms with Gasteiger partial charge in [0.15, 0.2) is 5.82 Å². The molecule has 1 aliphatic rings. The summed E-state index contributed by atoms with van der Waals surface area (Å²) >= 11 is 1.24. The van der Waals surface area contributed by atoms with Gasteiger partial charge in [-0.05, 0) is 57.2 Å². The molecule has 8 nitrogen and oxygen atoms in total. The van der Waals surface area contributed by atoms with Crippen molar-refractivity contribution < 1.29 is 14.3 Å². The summed E-state index contributed by atoms with van der Waals surface area (Å²) in [5.74, 6) is 0.947. The van der Waals surface area contributed by atoms with Crippen LogP contribution in [0.3, 0.4) is 0 Å². The Hall–Kier alpha value is -3.33. The first kappa shape index (κ1) is 20.9. The molecule has 9 heteroatoms. The SMILES string of the molecule is COc1ccc(-c2nc(SC(C)C(=O)N3c4ccccc4NC(=O)C3(C)C)n[nH]2)cc1. The van der Waals surface area contributed by atoms with Gasteiger partial charge in [0, 0.05) is 5.56 Å². The molecular weight excluding hydrogens is 414 g/mol. The van der Waals surface area contributed by atoms with E-state index >= 15 is 0 Å². The number of H-pyrrole nitrogens is 1. The van der Waals surface area contributed by atoms with E-state index in [-0.39, 0.29) is 11.8 Å². The van der Waals surface area contributed by atoms with Gasteiger partial charge in [-0.3, -0.25) is 19.6 Å². The van der Waals surface area contributed by atoms with Crippen molar-refractivity contribution in [1.29, 1.82) is 0 Å². The Morgan fingerprint density at radius 3 is 2.58 bits per heavy atom. The van der Waals surface area contributed by atoms with Crippen molar-refractivity contribution in [1.82, 2.24) is 15.2 Å². The van der Waals surface area contributed by atoms with E-state index in [2.05, 4.69) is 20.5 Å². The quantitative estimate of drug-likeness (QED) is 0.590. The molecule has 2 heterocycles. The van der Waals surface area contributed by atoms with Crippen molar-refractivity contribution in [3.8, 4) is 17.1 Å². The maximum Gasteiger partial charge on any atom is 0.250 e. The van der Waals surface area contributed by atoms with Gasteiger partial charge in [-0.1, -0.05) is 23.9 Å². The van der Waals surface area contributed by atoms with Crippen molar-refractivity contribution in [3.63, 3.8) is 0 Å². The lowest BCUT2D eigenvalue weighted by Crippen LogP contribution is -2.60. The largest absolute Gasteiger partial charge is 0.497 e. The zero-order chi connectivity index (χ0) is 22.2. The normalized spacial score (nSPS) is 15.7. The third-order valence-electron chi connectivity index (χ3n) is 5.19. The maximum atomic E-state index is 13.4. The number of aromatic nitrogens is 3. The molecular formula is C22H23N5O3S. The highest BCUT2D eigenvalue weighted by atomic mass is 32.2. The highest BCUT2D eigenvalue weighted by Gasteiger charge is 2.44. The summed E-state index contributed by atoms with van der Waals surface area (Å²) in [4.78, 5) is 32.1. The van der Waals surface area contributed by atoms with Crippen LogP contribution in [0.2, 0.25) is 0 Å². The molecule has 31 heavy (non-hydrogen) atoms. The van der Waals surface area contributed by atoms with E-state index < -0.39 is 10.8 Å². The Balaban J connectivity index is 1.55. The van der Waals surface area contributed by atoms with Gasteiger partial charge < -0.3 is 10.1 Å². The predicted molar refractivity (Wildman–Crippen MR) is 120 cm³/mol. The van der Waals surface area contributed by atoms with Gasteiger partial charge in [0.1, 0.15) is 11.3 Å². The average molecular weight is 438 g/mol. The molecule has 2 aromatic carbocycles. The van der Waals surface area contributed by atoms with Gasteiger partial charge >= 0.3 is 0 Å². The number of fused-ring (bicyclic) bond motifs is 1. The van der Waals surface area contributed by atoms with Crippen LogP contribution in [0.4, 0.5) is 11.4 Å². The fraction of sp³-hybridized carbons (Fsp3) is 0.273. The van der Waals surface area contributed by atoms with Crippen LogP contribution in [0.25, 0.3) is 11.4 Å². The minimum atomic E-state index is -1.02. The van der Waals surface area contributed by atoms with Gasteiger partial charge in [0.25, 0.3) is 0 Å². The van der Waals surface area contributed by atoms with Crippen molar-refractivity contribution in [3.05, 3.63) is 48.5 Å². The van der Waals surface area contributed by atoms with Crippen molar-refractivity contribution in [2.24, 2.45) is 0 Å². The molecule has 160 valence electrons. The van der Waals surface area contributed by atoms with Crippen LogP contribution in [0.1, 0.15) is 20.8 Å². The summed E-state index contributed by atoms with van der Waals surface area (Å²) in [6.07, 6.45) is 0. The number of para-hydroxylation sites is 2. The van der Waals surface area contributed by atoms with Crippen LogP contribution in [0.15, 0.2) is 53.7 Å². The van der Waals surface area contributed by atoms with E-state index in [1.54, 1.807) is 38.8 Å². The van der Waals surface area contributed by atoms with E-state index in [9.17, 15) is 9.59 Å². The van der Waals surface area contributed by atoms with Crippen molar-refractivity contribution >= 4 is 35.0 Å². The van der Waals surface area contributed by atoms with Crippen LogP contribution < -0.4 is 15.0 Å². The van der Waals surface area contributed by atoms with Gasteiger partial charge in [-0.2, -0.15) is 0 Å². The van der Waals surface area contributed by atoms with Gasteiger partial charge in [-0.15, -0.1) is 5.10 Å². The number of carbonyl (C=O) groups excluding carboxylic acids is 2. The maximum absolute atomic E-state index is 13.4. The summed E-state index contributed by atoms with van der Waals surface area (Å²) < 4.78 is 5.18. The van der Waals surface area contributed by atoms with Crippen molar-refractivity contribution in [2.75, 3.05) is 17.3 Å². The molecule has 0 radical (unpaired) electrons. The molecule has 0 saturated heterocycles. The number of hydrogen-bond donors (Lipinski definition) is 2. The second-order valence-corrected chi connectivity index (χ2v) is 8.97. The highest BCUT2D eigenvalue weighted by Crippen LogP contribution is 2.38. The van der Waals surface area contributed by atoms with Crippen LogP contribution in [0.5, 0.6) is 5.75 Å².